The maximum absolute atomic E-state index is 5.91. The minimum Gasteiger partial charge on any atom is -0.262 e. The molecule has 2 aromatic carbocycles. The van der Waals surface area contributed by atoms with Gasteiger partial charge in [0.2, 0.25) is 0 Å². The first kappa shape index (κ1) is 13.8. The molecule has 1 aromatic heterocycles. The molecule has 106 valence electrons. The Morgan fingerprint density at radius 1 is 1.05 bits per heavy atom. The van der Waals surface area contributed by atoms with Crippen LogP contribution in [-0.4, -0.2) is 15.2 Å². The number of nitrogens with zero attached hydrogens (tertiary/aromatic N) is 2. The second-order valence-electron chi connectivity index (χ2n) is 4.92. The van der Waals surface area contributed by atoms with Crippen LogP contribution in [0.1, 0.15) is 30.7 Å². The normalized spacial score (nSPS) is 12.3. The predicted octanol–water partition coefficient (Wildman–Crippen LogP) is 4.67. The van der Waals surface area contributed by atoms with Gasteiger partial charge in [0.05, 0.1) is 0 Å². The number of benzene rings is 2. The molecule has 4 heteroatoms. The fourth-order valence-electron chi connectivity index (χ4n) is 2.43. The minimum absolute atomic E-state index is 0.236. The van der Waals surface area contributed by atoms with Crippen LogP contribution in [0.15, 0.2) is 54.6 Å². The van der Waals surface area contributed by atoms with Crippen molar-refractivity contribution in [3.8, 4) is 11.4 Å². The lowest BCUT2D eigenvalue weighted by atomic mass is 9.96. The molecular formula is C17H16ClN3. The van der Waals surface area contributed by atoms with Crippen LogP contribution in [0.2, 0.25) is 5.02 Å². The summed E-state index contributed by atoms with van der Waals surface area (Å²) in [6.07, 6.45) is 0.971. The van der Waals surface area contributed by atoms with Crippen molar-refractivity contribution in [2.45, 2.75) is 19.3 Å². The number of rotatable bonds is 4. The van der Waals surface area contributed by atoms with Crippen LogP contribution in [0.3, 0.4) is 0 Å². The zero-order valence-corrected chi connectivity index (χ0v) is 12.5. The highest BCUT2D eigenvalue weighted by molar-refractivity contribution is 6.30. The highest BCUT2D eigenvalue weighted by Gasteiger charge is 2.16. The van der Waals surface area contributed by atoms with Crippen molar-refractivity contribution >= 4 is 11.6 Å². The molecule has 1 N–H and O–H groups in total. The summed E-state index contributed by atoms with van der Waals surface area (Å²) in [5, 5.41) is 8.12. The molecule has 1 heterocycles. The summed E-state index contributed by atoms with van der Waals surface area (Å²) >= 11 is 5.91. The summed E-state index contributed by atoms with van der Waals surface area (Å²) in [7, 11) is 0. The van der Waals surface area contributed by atoms with E-state index in [2.05, 4.69) is 46.4 Å². The van der Waals surface area contributed by atoms with Gasteiger partial charge in [0.25, 0.3) is 0 Å². The van der Waals surface area contributed by atoms with Crippen LogP contribution < -0.4 is 0 Å². The third-order valence-electron chi connectivity index (χ3n) is 3.55. The average Bonchev–Trinajstić information content (AvgIpc) is 2.99. The maximum atomic E-state index is 5.91. The van der Waals surface area contributed by atoms with Crippen molar-refractivity contribution in [2.75, 3.05) is 0 Å². The number of aromatic nitrogens is 3. The Balaban J connectivity index is 1.92. The van der Waals surface area contributed by atoms with Gasteiger partial charge in [-0.2, -0.15) is 5.10 Å². The Kier molecular flexibility index (Phi) is 4.02. The fourth-order valence-corrected chi connectivity index (χ4v) is 2.56. The smallest absolute Gasteiger partial charge is 0.181 e. The maximum Gasteiger partial charge on any atom is 0.181 e. The van der Waals surface area contributed by atoms with Crippen molar-refractivity contribution < 1.29 is 0 Å². The van der Waals surface area contributed by atoms with Gasteiger partial charge in [0, 0.05) is 16.5 Å². The van der Waals surface area contributed by atoms with Gasteiger partial charge in [-0.15, -0.1) is 0 Å². The van der Waals surface area contributed by atoms with Gasteiger partial charge < -0.3 is 0 Å². The third-order valence-corrected chi connectivity index (χ3v) is 3.80. The molecule has 0 saturated heterocycles. The lowest BCUT2D eigenvalue weighted by Crippen LogP contribution is -2.01. The van der Waals surface area contributed by atoms with E-state index in [1.165, 1.54) is 5.56 Å². The molecule has 21 heavy (non-hydrogen) atoms. The first-order valence-electron chi connectivity index (χ1n) is 7.01. The van der Waals surface area contributed by atoms with Gasteiger partial charge in [0.1, 0.15) is 5.82 Å². The van der Waals surface area contributed by atoms with Crippen LogP contribution in [-0.2, 0) is 0 Å². The molecule has 0 aliphatic rings. The van der Waals surface area contributed by atoms with Gasteiger partial charge in [-0.05, 0) is 36.2 Å². The summed E-state index contributed by atoms with van der Waals surface area (Å²) in [5.41, 5.74) is 2.21. The summed E-state index contributed by atoms with van der Waals surface area (Å²) in [4.78, 5) is 4.65. The van der Waals surface area contributed by atoms with E-state index in [9.17, 15) is 0 Å². The van der Waals surface area contributed by atoms with Gasteiger partial charge in [-0.1, -0.05) is 48.9 Å². The second kappa shape index (κ2) is 6.10. The molecule has 1 unspecified atom stereocenters. The molecule has 3 nitrogen and oxygen atoms in total. The number of hydrogen-bond donors (Lipinski definition) is 1. The van der Waals surface area contributed by atoms with Crippen molar-refractivity contribution in [1.29, 1.82) is 0 Å². The number of H-pyrrole nitrogens is 1. The standard InChI is InChI=1S/C17H16ClN3/c1-2-15(12-6-4-3-5-7-12)17-19-16(20-21-17)13-8-10-14(18)11-9-13/h3-11,15H,2H2,1H3,(H,19,20,21). The molecule has 0 amide bonds. The first-order chi connectivity index (χ1) is 10.3. The highest BCUT2D eigenvalue weighted by Crippen LogP contribution is 2.26. The zero-order valence-electron chi connectivity index (χ0n) is 11.8. The summed E-state index contributed by atoms with van der Waals surface area (Å²) < 4.78 is 0. The molecule has 0 radical (unpaired) electrons. The molecule has 0 spiro atoms. The van der Waals surface area contributed by atoms with Gasteiger partial charge in [-0.25, -0.2) is 4.98 Å². The second-order valence-corrected chi connectivity index (χ2v) is 5.36. The van der Waals surface area contributed by atoms with E-state index < -0.39 is 0 Å². The Labute approximate surface area is 129 Å². The summed E-state index contributed by atoms with van der Waals surface area (Å²) in [6, 6.07) is 17.9. The Bertz CT molecular complexity index is 704. The van der Waals surface area contributed by atoms with Crippen LogP contribution in [0.25, 0.3) is 11.4 Å². The largest absolute Gasteiger partial charge is 0.262 e. The van der Waals surface area contributed by atoms with E-state index in [0.29, 0.717) is 10.8 Å². The van der Waals surface area contributed by atoms with E-state index in [1.54, 1.807) is 0 Å². The van der Waals surface area contributed by atoms with Crippen LogP contribution in [0.5, 0.6) is 0 Å². The van der Waals surface area contributed by atoms with E-state index in [1.807, 2.05) is 30.3 Å². The van der Waals surface area contributed by atoms with E-state index in [0.717, 1.165) is 17.8 Å². The lowest BCUT2D eigenvalue weighted by molar-refractivity contribution is 0.721. The fraction of sp³-hybridized carbons (Fsp3) is 0.176. The van der Waals surface area contributed by atoms with Crippen molar-refractivity contribution in [3.63, 3.8) is 0 Å². The van der Waals surface area contributed by atoms with Gasteiger partial charge in [-0.3, -0.25) is 5.10 Å². The molecule has 0 aliphatic heterocycles. The van der Waals surface area contributed by atoms with Crippen LogP contribution >= 0.6 is 11.6 Å². The third kappa shape index (κ3) is 2.98. The SMILES string of the molecule is CCC(c1ccccc1)c1nc(-c2ccc(Cl)cc2)n[nH]1. The molecule has 0 bridgehead atoms. The molecule has 0 saturated carbocycles. The van der Waals surface area contributed by atoms with E-state index >= 15 is 0 Å². The number of hydrogen-bond acceptors (Lipinski definition) is 2. The molecule has 0 fully saturated rings. The van der Waals surface area contributed by atoms with Crippen molar-refractivity contribution in [1.82, 2.24) is 15.2 Å². The van der Waals surface area contributed by atoms with Gasteiger partial charge in [0.15, 0.2) is 5.82 Å². The number of aromatic amines is 1. The summed E-state index contributed by atoms with van der Waals surface area (Å²) in [5.74, 6) is 1.84. The van der Waals surface area contributed by atoms with Crippen molar-refractivity contribution in [3.05, 3.63) is 71.0 Å². The molecule has 3 aromatic rings. The highest BCUT2D eigenvalue weighted by atomic mass is 35.5. The van der Waals surface area contributed by atoms with Gasteiger partial charge >= 0.3 is 0 Å². The van der Waals surface area contributed by atoms with Crippen molar-refractivity contribution in [2.24, 2.45) is 0 Å². The van der Waals surface area contributed by atoms with E-state index in [4.69, 9.17) is 11.6 Å². The Hall–Kier alpha value is -2.13. The molecule has 3 rings (SSSR count). The number of halogens is 1. The van der Waals surface area contributed by atoms with Crippen LogP contribution in [0, 0.1) is 0 Å². The van der Waals surface area contributed by atoms with E-state index in [-0.39, 0.29) is 5.92 Å². The van der Waals surface area contributed by atoms with Crippen LogP contribution in [0.4, 0.5) is 0 Å². The number of nitrogens with one attached hydrogen (secondary N) is 1. The first-order valence-corrected chi connectivity index (χ1v) is 7.39. The topological polar surface area (TPSA) is 41.6 Å². The molecular weight excluding hydrogens is 282 g/mol. The quantitative estimate of drug-likeness (QED) is 0.760. The Morgan fingerprint density at radius 3 is 2.43 bits per heavy atom. The lowest BCUT2D eigenvalue weighted by Gasteiger charge is -2.11. The minimum atomic E-state index is 0.236. The zero-order chi connectivity index (χ0) is 14.7. The average molecular weight is 298 g/mol. The summed E-state index contributed by atoms with van der Waals surface area (Å²) in [6.45, 7) is 2.15. The molecule has 1 atom stereocenters. The monoisotopic (exact) mass is 297 g/mol. The Morgan fingerprint density at radius 2 is 1.76 bits per heavy atom. The predicted molar refractivity (Wildman–Crippen MR) is 85.4 cm³/mol. The molecule has 0 aliphatic carbocycles.